The fourth-order valence-electron chi connectivity index (χ4n) is 4.02. The van der Waals surface area contributed by atoms with Gasteiger partial charge in [0.1, 0.15) is 23.6 Å². The van der Waals surface area contributed by atoms with Gasteiger partial charge in [0, 0.05) is 24.7 Å². The molecule has 0 radical (unpaired) electrons. The molecule has 1 saturated heterocycles. The molecule has 0 aromatic rings. The monoisotopic (exact) mass is 402 g/mol. The Balaban J connectivity index is 2.00. The van der Waals surface area contributed by atoms with Crippen molar-refractivity contribution in [1.82, 2.24) is 0 Å². The number of hydrogen-bond acceptors (Lipinski definition) is 4. The second-order valence-electron chi connectivity index (χ2n) is 8.12. The van der Waals surface area contributed by atoms with Gasteiger partial charge in [-0.15, -0.1) is 0 Å². The normalized spacial score (nSPS) is 34.4. The van der Waals surface area contributed by atoms with Crippen LogP contribution >= 0.6 is 0 Å². The van der Waals surface area contributed by atoms with E-state index in [0.29, 0.717) is 19.3 Å². The second kappa shape index (κ2) is 9.83. The molecule has 160 valence electrons. The van der Waals surface area contributed by atoms with Gasteiger partial charge in [0.05, 0.1) is 6.10 Å². The topological polar surface area (TPSA) is 87.0 Å². The first-order valence-corrected chi connectivity index (χ1v) is 10.1. The summed E-state index contributed by atoms with van der Waals surface area (Å²) in [5.41, 5.74) is -1.77. The number of rotatable bonds is 10. The highest BCUT2D eigenvalue weighted by atomic mass is 19.1. The van der Waals surface area contributed by atoms with Gasteiger partial charge >= 0.3 is 5.97 Å². The molecular weight excluding hydrogens is 370 g/mol. The predicted molar refractivity (Wildman–Crippen MR) is 101 cm³/mol. The fourth-order valence-corrected chi connectivity index (χ4v) is 4.02. The van der Waals surface area contributed by atoms with Crippen molar-refractivity contribution in [2.24, 2.45) is 11.8 Å². The molecule has 0 amide bonds. The van der Waals surface area contributed by atoms with Crippen molar-refractivity contribution in [2.45, 2.75) is 88.9 Å². The molecule has 2 unspecified atom stereocenters. The maximum Gasteiger partial charge on any atom is 0.303 e. The number of alkyl halides is 2. The van der Waals surface area contributed by atoms with Crippen LogP contribution in [0.5, 0.6) is 0 Å². The minimum absolute atomic E-state index is 0.00951. The highest BCUT2D eigenvalue weighted by Crippen LogP contribution is 2.47. The minimum atomic E-state index is -1.77. The van der Waals surface area contributed by atoms with E-state index >= 15 is 0 Å². The first kappa shape index (κ1) is 22.8. The molecule has 28 heavy (non-hydrogen) atoms. The van der Waals surface area contributed by atoms with Gasteiger partial charge in [-0.3, -0.25) is 4.79 Å². The fraction of sp³-hybridized carbons (Fsp3) is 0.762. The zero-order chi connectivity index (χ0) is 20.9. The average molecular weight is 402 g/mol. The van der Waals surface area contributed by atoms with E-state index in [0.717, 1.165) is 6.42 Å². The van der Waals surface area contributed by atoms with E-state index in [1.54, 1.807) is 6.08 Å². The third-order valence-electron chi connectivity index (χ3n) is 5.78. The lowest BCUT2D eigenvalue weighted by atomic mass is 9.87. The average Bonchev–Trinajstić information content (AvgIpc) is 3.09. The molecule has 1 aliphatic heterocycles. The van der Waals surface area contributed by atoms with Gasteiger partial charge < -0.3 is 20.1 Å². The number of carbonyl (C=O) groups is 1. The molecule has 1 aliphatic carbocycles. The molecule has 0 bridgehead atoms. The van der Waals surface area contributed by atoms with E-state index in [1.165, 1.54) is 19.1 Å². The lowest BCUT2D eigenvalue weighted by Gasteiger charge is -2.25. The van der Waals surface area contributed by atoms with Crippen LogP contribution < -0.4 is 0 Å². The quantitative estimate of drug-likeness (QED) is 0.383. The number of ether oxygens (including phenoxy) is 1. The molecule has 7 atom stereocenters. The molecular formula is C21H32F2O5. The summed E-state index contributed by atoms with van der Waals surface area (Å²) in [6.07, 6.45) is 3.20. The summed E-state index contributed by atoms with van der Waals surface area (Å²) in [5.74, 6) is -1.87. The predicted octanol–water partition coefficient (Wildman–Crippen LogP) is 3.69. The highest BCUT2D eigenvalue weighted by Gasteiger charge is 2.53. The number of unbranched alkanes of at least 4 members (excludes halogenated alkanes) is 2. The van der Waals surface area contributed by atoms with Crippen LogP contribution in [-0.4, -0.2) is 51.4 Å². The Kier molecular flexibility index (Phi) is 8.01. The number of allylic oxidation sites excluding steroid dienone is 2. The number of hydrogen-bond donors (Lipinski definition) is 3. The van der Waals surface area contributed by atoms with Gasteiger partial charge in [0.15, 0.2) is 6.17 Å². The number of aliphatic carboxylic acids is 1. The molecule has 0 aromatic heterocycles. The molecule has 5 nitrogen and oxygen atoms in total. The van der Waals surface area contributed by atoms with Crippen molar-refractivity contribution in [3.05, 3.63) is 24.0 Å². The van der Waals surface area contributed by atoms with Crippen LogP contribution in [0.4, 0.5) is 8.78 Å². The van der Waals surface area contributed by atoms with Crippen molar-refractivity contribution < 1.29 is 33.6 Å². The first-order valence-electron chi connectivity index (χ1n) is 10.1. The van der Waals surface area contributed by atoms with Gasteiger partial charge in [-0.25, -0.2) is 8.78 Å². The first-order chi connectivity index (χ1) is 13.2. The third kappa shape index (κ3) is 5.54. The number of aliphatic hydroxyl groups is 2. The lowest BCUT2D eigenvalue weighted by Crippen LogP contribution is -2.33. The Bertz CT molecular complexity index is 589. The van der Waals surface area contributed by atoms with Crippen molar-refractivity contribution in [1.29, 1.82) is 0 Å². The Labute approximate surface area is 165 Å². The summed E-state index contributed by atoms with van der Waals surface area (Å²) in [7, 11) is 0. The van der Waals surface area contributed by atoms with Crippen LogP contribution in [0.2, 0.25) is 0 Å². The Hall–Kier alpha value is -1.47. The molecule has 0 spiro atoms. The smallest absolute Gasteiger partial charge is 0.303 e. The minimum Gasteiger partial charge on any atom is -0.491 e. The van der Waals surface area contributed by atoms with Crippen LogP contribution in [0.15, 0.2) is 24.0 Å². The Morgan fingerprint density at radius 1 is 1.43 bits per heavy atom. The number of fused-ring (bicyclic) bond motifs is 1. The zero-order valence-corrected chi connectivity index (χ0v) is 16.6. The van der Waals surface area contributed by atoms with Gasteiger partial charge in [0.25, 0.3) is 0 Å². The summed E-state index contributed by atoms with van der Waals surface area (Å²) < 4.78 is 35.1. The molecule has 1 heterocycles. The number of carboxylic acids is 1. The van der Waals surface area contributed by atoms with Gasteiger partial charge in [-0.1, -0.05) is 31.9 Å². The van der Waals surface area contributed by atoms with E-state index in [1.807, 2.05) is 6.92 Å². The zero-order valence-electron chi connectivity index (χ0n) is 16.6. The summed E-state index contributed by atoms with van der Waals surface area (Å²) in [6.45, 7) is 3.29. The molecule has 3 N–H and O–H groups in total. The van der Waals surface area contributed by atoms with Crippen molar-refractivity contribution in [3.8, 4) is 0 Å². The lowest BCUT2D eigenvalue weighted by molar-refractivity contribution is -0.137. The van der Waals surface area contributed by atoms with Gasteiger partial charge in [-0.2, -0.15) is 0 Å². The van der Waals surface area contributed by atoms with Crippen LogP contribution in [0.3, 0.4) is 0 Å². The highest BCUT2D eigenvalue weighted by molar-refractivity contribution is 5.66. The number of aliphatic hydroxyl groups excluding tert-OH is 2. The summed E-state index contributed by atoms with van der Waals surface area (Å²) in [6, 6.07) is 0. The summed E-state index contributed by atoms with van der Waals surface area (Å²) in [4.78, 5) is 10.5. The van der Waals surface area contributed by atoms with Crippen LogP contribution in [0.25, 0.3) is 0 Å². The molecule has 2 aliphatic rings. The van der Waals surface area contributed by atoms with Crippen molar-refractivity contribution >= 4 is 5.97 Å². The number of carboxylic acid groups (broad SMARTS) is 1. The standard InChI is InChI=1S/C21H32F2O5/c1-3-4-11-21(2,23)17(25)10-9-13-14(24)12-16-19(13)20(22)15(28-16)7-5-6-8-18(26)27/h7,9-10,13-14,16-17,19-20,24-25H,3-6,8,11-12H2,1-2H3,(H,26,27)/t13-,14+,16-,17+,19+,20?,21?/m0/s1. The van der Waals surface area contributed by atoms with E-state index in [2.05, 4.69) is 0 Å². The van der Waals surface area contributed by atoms with Gasteiger partial charge in [0.2, 0.25) is 0 Å². The molecule has 2 fully saturated rings. The van der Waals surface area contributed by atoms with E-state index in [9.17, 15) is 23.8 Å². The van der Waals surface area contributed by atoms with Crippen molar-refractivity contribution in [3.63, 3.8) is 0 Å². The van der Waals surface area contributed by atoms with Crippen molar-refractivity contribution in [2.75, 3.05) is 0 Å². The van der Waals surface area contributed by atoms with Crippen LogP contribution in [-0.2, 0) is 9.53 Å². The summed E-state index contributed by atoms with van der Waals surface area (Å²) >= 11 is 0. The third-order valence-corrected chi connectivity index (χ3v) is 5.78. The number of halogens is 2. The molecule has 0 aromatic carbocycles. The van der Waals surface area contributed by atoms with Crippen LogP contribution in [0.1, 0.15) is 58.8 Å². The SMILES string of the molecule is CCCCC(C)(F)[C@H](O)C=C[C@@H]1[C@H]2C(F)C(=CCCCC(=O)O)O[C@H]2C[C@H]1O. The molecule has 1 saturated carbocycles. The molecule has 2 rings (SSSR count). The largest absolute Gasteiger partial charge is 0.491 e. The maximum atomic E-state index is 14.9. The molecule has 7 heteroatoms. The van der Waals surface area contributed by atoms with E-state index in [4.69, 9.17) is 9.84 Å². The van der Waals surface area contributed by atoms with Crippen LogP contribution in [0, 0.1) is 11.8 Å². The summed E-state index contributed by atoms with van der Waals surface area (Å²) in [5, 5.41) is 29.1. The van der Waals surface area contributed by atoms with E-state index < -0.39 is 48.0 Å². The van der Waals surface area contributed by atoms with Gasteiger partial charge in [-0.05, 0) is 32.3 Å². The van der Waals surface area contributed by atoms with E-state index in [-0.39, 0.29) is 25.0 Å². The Morgan fingerprint density at radius 2 is 2.14 bits per heavy atom. The Morgan fingerprint density at radius 3 is 2.79 bits per heavy atom. The maximum absolute atomic E-state index is 14.9. The second-order valence-corrected chi connectivity index (χ2v) is 8.12.